The van der Waals surface area contributed by atoms with E-state index in [0.29, 0.717) is 35.3 Å². The summed E-state index contributed by atoms with van der Waals surface area (Å²) in [6.45, 7) is 4.61. The first-order valence-electron chi connectivity index (χ1n) is 9.12. The third-order valence-electron chi connectivity index (χ3n) is 4.59. The van der Waals surface area contributed by atoms with Gasteiger partial charge < -0.3 is 9.84 Å². The molecule has 0 fully saturated rings. The lowest BCUT2D eigenvalue weighted by Crippen LogP contribution is -2.16. The van der Waals surface area contributed by atoms with Crippen molar-refractivity contribution in [3.05, 3.63) is 80.5 Å². The van der Waals surface area contributed by atoms with Crippen molar-refractivity contribution in [3.8, 4) is 0 Å². The Bertz CT molecular complexity index is 1190. The van der Waals surface area contributed by atoms with Crippen molar-refractivity contribution in [2.24, 2.45) is 0 Å². The highest BCUT2D eigenvalue weighted by molar-refractivity contribution is 9.10. The van der Waals surface area contributed by atoms with Crippen molar-refractivity contribution in [3.63, 3.8) is 0 Å². The zero-order valence-electron chi connectivity index (χ0n) is 16.3. The molecular weight excluding hydrogens is 472 g/mol. The van der Waals surface area contributed by atoms with Gasteiger partial charge in [0.15, 0.2) is 11.5 Å². The summed E-state index contributed by atoms with van der Waals surface area (Å²) in [4.78, 5) is 12.8. The van der Waals surface area contributed by atoms with Crippen molar-refractivity contribution < 1.29 is 9.32 Å². The lowest BCUT2D eigenvalue weighted by molar-refractivity contribution is 0.101. The molecule has 0 bridgehead atoms. The molecule has 10 heteroatoms. The normalized spacial score (nSPS) is 11.1. The number of aryl methyl sites for hydroxylation is 2. The Morgan fingerprint density at radius 2 is 2.00 bits per heavy atom. The summed E-state index contributed by atoms with van der Waals surface area (Å²) >= 11 is 9.35. The molecule has 154 valence electrons. The van der Waals surface area contributed by atoms with E-state index in [4.69, 9.17) is 16.1 Å². The van der Waals surface area contributed by atoms with Crippen molar-refractivity contribution >= 4 is 39.3 Å². The molecule has 0 aliphatic carbocycles. The van der Waals surface area contributed by atoms with Crippen LogP contribution in [-0.2, 0) is 13.1 Å². The molecule has 0 aliphatic rings. The molecule has 0 spiro atoms. The van der Waals surface area contributed by atoms with Crippen LogP contribution in [0, 0.1) is 13.8 Å². The maximum atomic E-state index is 12.8. The summed E-state index contributed by atoms with van der Waals surface area (Å²) in [6, 6.07) is 9.83. The molecule has 0 aliphatic heterocycles. The molecule has 0 saturated heterocycles. The molecular formula is C20H18BrClN6O2. The Balaban J connectivity index is 1.50. The standard InChI is InChI=1S/C20H18BrClN6O2/c1-12-7-18(25-28(12)9-14-3-5-15(21)6-4-14)24-20(29)19-17(13(2)30-26-19)11-27-10-16(22)8-23-27/h3-8,10H,9,11H2,1-2H3,(H,24,25,29). The fraction of sp³-hybridized carbons (Fsp3) is 0.200. The van der Waals surface area contributed by atoms with Crippen molar-refractivity contribution in [1.82, 2.24) is 24.7 Å². The minimum atomic E-state index is -0.395. The summed E-state index contributed by atoms with van der Waals surface area (Å²) < 4.78 is 9.71. The molecule has 1 aromatic carbocycles. The summed E-state index contributed by atoms with van der Waals surface area (Å²) in [7, 11) is 0. The van der Waals surface area contributed by atoms with Gasteiger partial charge in [0.2, 0.25) is 0 Å². The number of hydrogen-bond acceptors (Lipinski definition) is 5. The molecule has 1 amide bonds. The molecule has 4 rings (SSSR count). The largest absolute Gasteiger partial charge is 0.361 e. The van der Waals surface area contributed by atoms with Gasteiger partial charge in [-0.1, -0.05) is 44.8 Å². The number of halogens is 2. The highest BCUT2D eigenvalue weighted by Gasteiger charge is 2.21. The summed E-state index contributed by atoms with van der Waals surface area (Å²) in [5.41, 5.74) is 2.86. The van der Waals surface area contributed by atoms with Gasteiger partial charge >= 0.3 is 0 Å². The van der Waals surface area contributed by atoms with Gasteiger partial charge in [-0.15, -0.1) is 0 Å². The van der Waals surface area contributed by atoms with Gasteiger partial charge in [-0.25, -0.2) is 0 Å². The van der Waals surface area contributed by atoms with Crippen molar-refractivity contribution in [2.45, 2.75) is 26.9 Å². The number of carbonyl (C=O) groups excluding carboxylic acids is 1. The number of nitrogens with one attached hydrogen (secondary N) is 1. The average Bonchev–Trinajstić information content (AvgIpc) is 3.38. The van der Waals surface area contributed by atoms with Crippen molar-refractivity contribution in [1.29, 1.82) is 0 Å². The number of benzene rings is 1. The van der Waals surface area contributed by atoms with Crippen LogP contribution >= 0.6 is 27.5 Å². The van der Waals surface area contributed by atoms with Gasteiger partial charge in [-0.2, -0.15) is 10.2 Å². The predicted molar refractivity (Wildman–Crippen MR) is 116 cm³/mol. The van der Waals surface area contributed by atoms with Crippen LogP contribution in [0.4, 0.5) is 5.82 Å². The number of amides is 1. The van der Waals surface area contributed by atoms with Crippen LogP contribution in [0.15, 0.2) is 51.7 Å². The highest BCUT2D eigenvalue weighted by atomic mass is 79.9. The quantitative estimate of drug-likeness (QED) is 0.432. The molecule has 30 heavy (non-hydrogen) atoms. The molecule has 0 saturated carbocycles. The van der Waals surface area contributed by atoms with Crippen LogP contribution in [0.3, 0.4) is 0 Å². The van der Waals surface area contributed by atoms with Crippen LogP contribution in [0.5, 0.6) is 0 Å². The van der Waals surface area contributed by atoms with Gasteiger partial charge in [0.1, 0.15) is 5.76 Å². The first kappa shape index (κ1) is 20.4. The van der Waals surface area contributed by atoms with E-state index in [1.54, 1.807) is 17.8 Å². The Morgan fingerprint density at radius 1 is 1.23 bits per heavy atom. The fourth-order valence-electron chi connectivity index (χ4n) is 3.01. The second kappa shape index (κ2) is 8.45. The van der Waals surface area contributed by atoms with E-state index in [1.165, 1.54) is 6.20 Å². The first-order valence-corrected chi connectivity index (χ1v) is 10.3. The van der Waals surface area contributed by atoms with E-state index >= 15 is 0 Å². The lowest BCUT2D eigenvalue weighted by atomic mass is 10.2. The predicted octanol–water partition coefficient (Wildman–Crippen LogP) is 4.45. The number of nitrogens with zero attached hydrogens (tertiary/aromatic N) is 5. The average molecular weight is 490 g/mol. The Hall–Kier alpha value is -2.91. The van der Waals surface area contributed by atoms with Gasteiger partial charge in [0.05, 0.1) is 24.3 Å². The van der Waals surface area contributed by atoms with E-state index in [9.17, 15) is 4.79 Å². The third-order valence-corrected chi connectivity index (χ3v) is 5.31. The van der Waals surface area contributed by atoms with Crippen LogP contribution in [0.2, 0.25) is 5.02 Å². The second-order valence-corrected chi connectivity index (χ2v) is 8.18. The van der Waals surface area contributed by atoms with E-state index in [-0.39, 0.29) is 5.69 Å². The first-order chi connectivity index (χ1) is 14.4. The van der Waals surface area contributed by atoms with Gasteiger partial charge in [0, 0.05) is 28.0 Å². The summed E-state index contributed by atoms with van der Waals surface area (Å²) in [5.74, 6) is 0.598. The molecule has 0 radical (unpaired) electrons. The maximum Gasteiger partial charge on any atom is 0.279 e. The number of carbonyl (C=O) groups is 1. The molecule has 3 heterocycles. The van der Waals surface area contributed by atoms with Crippen LogP contribution < -0.4 is 5.32 Å². The fourth-order valence-corrected chi connectivity index (χ4v) is 3.43. The minimum Gasteiger partial charge on any atom is -0.361 e. The highest BCUT2D eigenvalue weighted by Crippen LogP contribution is 2.19. The van der Waals surface area contributed by atoms with Crippen LogP contribution in [-0.4, -0.2) is 30.6 Å². The smallest absolute Gasteiger partial charge is 0.279 e. The van der Waals surface area contributed by atoms with Crippen LogP contribution in [0.25, 0.3) is 0 Å². The zero-order chi connectivity index (χ0) is 21.3. The summed E-state index contributed by atoms with van der Waals surface area (Å²) in [6.07, 6.45) is 3.20. The summed E-state index contributed by atoms with van der Waals surface area (Å²) in [5, 5.41) is 15.9. The number of anilines is 1. The van der Waals surface area contributed by atoms with E-state index in [1.807, 2.05) is 41.9 Å². The Labute approximate surface area is 185 Å². The maximum absolute atomic E-state index is 12.8. The Morgan fingerprint density at radius 3 is 2.70 bits per heavy atom. The molecule has 0 unspecified atom stereocenters. The Kier molecular flexibility index (Phi) is 5.74. The number of hydrogen-bond donors (Lipinski definition) is 1. The van der Waals surface area contributed by atoms with E-state index < -0.39 is 5.91 Å². The zero-order valence-corrected chi connectivity index (χ0v) is 18.6. The second-order valence-electron chi connectivity index (χ2n) is 6.83. The number of aromatic nitrogens is 5. The minimum absolute atomic E-state index is 0.194. The number of rotatable bonds is 6. The van der Waals surface area contributed by atoms with Crippen molar-refractivity contribution in [2.75, 3.05) is 5.32 Å². The van der Waals surface area contributed by atoms with E-state index in [2.05, 4.69) is 36.6 Å². The molecule has 4 aromatic rings. The van der Waals surface area contributed by atoms with Gasteiger partial charge in [-0.05, 0) is 31.5 Å². The van der Waals surface area contributed by atoms with Crippen LogP contribution in [0.1, 0.15) is 33.1 Å². The monoisotopic (exact) mass is 488 g/mol. The molecule has 3 aromatic heterocycles. The molecule has 1 N–H and O–H groups in total. The molecule has 8 nitrogen and oxygen atoms in total. The van der Waals surface area contributed by atoms with E-state index in [0.717, 1.165) is 15.7 Å². The molecule has 0 atom stereocenters. The lowest BCUT2D eigenvalue weighted by Gasteiger charge is -2.05. The SMILES string of the molecule is Cc1onc(C(=O)Nc2cc(C)n(Cc3ccc(Br)cc3)n2)c1Cn1cc(Cl)cn1. The van der Waals surface area contributed by atoms with Gasteiger partial charge in [-0.3, -0.25) is 14.2 Å². The van der Waals surface area contributed by atoms with Gasteiger partial charge in [0.25, 0.3) is 5.91 Å². The topological polar surface area (TPSA) is 90.8 Å². The third kappa shape index (κ3) is 4.47.